The fraction of sp³-hybridized carbons (Fsp3) is 0.421. The number of amides is 1. The molecule has 0 bridgehead atoms. The molecule has 0 radical (unpaired) electrons. The van der Waals surface area contributed by atoms with Gasteiger partial charge in [-0.25, -0.2) is 0 Å². The number of carbonyl (C=O) groups is 1. The van der Waals surface area contributed by atoms with Crippen molar-refractivity contribution in [1.29, 1.82) is 0 Å². The lowest BCUT2D eigenvalue weighted by Gasteiger charge is -2.12. The fourth-order valence-corrected chi connectivity index (χ4v) is 2.99. The first-order valence-corrected chi connectivity index (χ1v) is 8.99. The first-order chi connectivity index (χ1) is 12.3. The molecule has 1 heterocycles. The van der Waals surface area contributed by atoms with E-state index in [4.69, 9.17) is 0 Å². The van der Waals surface area contributed by atoms with Crippen molar-refractivity contribution in [2.45, 2.75) is 45.4 Å². The third kappa shape index (κ3) is 4.68. The second kappa shape index (κ2) is 8.46. The van der Waals surface area contributed by atoms with Crippen molar-refractivity contribution < 1.29 is 4.79 Å². The van der Waals surface area contributed by atoms with Gasteiger partial charge in [0, 0.05) is 12.2 Å². The molecule has 0 spiro atoms. The van der Waals surface area contributed by atoms with E-state index in [2.05, 4.69) is 51.2 Å². The van der Waals surface area contributed by atoms with Gasteiger partial charge in [0.15, 0.2) is 11.5 Å². The topological polar surface area (TPSA) is 82.7 Å². The maximum atomic E-state index is 12.4. The van der Waals surface area contributed by atoms with Gasteiger partial charge < -0.3 is 10.6 Å². The lowest BCUT2D eigenvalue weighted by atomic mass is 9.97. The van der Waals surface area contributed by atoms with Crippen LogP contribution in [0.5, 0.6) is 0 Å². The molecule has 132 valence electrons. The summed E-state index contributed by atoms with van der Waals surface area (Å²) < 4.78 is 0. The number of anilines is 2. The van der Waals surface area contributed by atoms with E-state index in [9.17, 15) is 4.79 Å². The number of rotatable bonds is 7. The molecule has 6 nitrogen and oxygen atoms in total. The second-order valence-electron chi connectivity index (χ2n) is 6.31. The van der Waals surface area contributed by atoms with Crippen LogP contribution in [0.4, 0.5) is 11.5 Å². The van der Waals surface area contributed by atoms with E-state index in [1.54, 1.807) is 0 Å². The molecule has 2 aromatic rings. The minimum atomic E-state index is -0.210. The molecule has 1 aromatic carbocycles. The molecule has 1 amide bonds. The summed E-state index contributed by atoms with van der Waals surface area (Å²) in [5.74, 6) is 0.233. The number of nitrogens with one attached hydrogen (secondary N) is 3. The molecular formula is C19H25N5O. The summed E-state index contributed by atoms with van der Waals surface area (Å²) in [6.45, 7) is 2.74. The number of allylic oxidation sites excluding steroid dienone is 1. The van der Waals surface area contributed by atoms with Crippen molar-refractivity contribution in [1.82, 2.24) is 20.7 Å². The van der Waals surface area contributed by atoms with Crippen LogP contribution >= 0.6 is 0 Å². The molecule has 3 N–H and O–H groups in total. The number of aryl methyl sites for hydroxylation is 1. The zero-order valence-electron chi connectivity index (χ0n) is 14.6. The van der Waals surface area contributed by atoms with Gasteiger partial charge in [-0.05, 0) is 56.2 Å². The van der Waals surface area contributed by atoms with Gasteiger partial charge in [0.2, 0.25) is 0 Å². The third-order valence-electron chi connectivity index (χ3n) is 4.50. The lowest BCUT2D eigenvalue weighted by Crippen LogP contribution is -2.26. The zero-order chi connectivity index (χ0) is 17.5. The van der Waals surface area contributed by atoms with Gasteiger partial charge in [0.05, 0.1) is 0 Å². The van der Waals surface area contributed by atoms with Crippen LogP contribution in [0.1, 0.15) is 55.1 Å². The molecule has 0 unspecified atom stereocenters. The number of hydrogen-bond acceptors (Lipinski definition) is 4. The normalized spacial score (nSPS) is 14.0. The minimum absolute atomic E-state index is 0.210. The highest BCUT2D eigenvalue weighted by atomic mass is 16.2. The van der Waals surface area contributed by atoms with Crippen molar-refractivity contribution in [3.63, 3.8) is 0 Å². The Balaban J connectivity index is 1.56. The Morgan fingerprint density at radius 3 is 2.76 bits per heavy atom. The molecular weight excluding hydrogens is 314 g/mol. The van der Waals surface area contributed by atoms with Gasteiger partial charge in [0.1, 0.15) is 0 Å². The maximum Gasteiger partial charge on any atom is 0.275 e. The van der Waals surface area contributed by atoms with Gasteiger partial charge in [-0.15, -0.1) is 10.2 Å². The van der Waals surface area contributed by atoms with Crippen molar-refractivity contribution in [3.05, 3.63) is 47.2 Å². The first-order valence-electron chi connectivity index (χ1n) is 8.99. The highest BCUT2D eigenvalue weighted by molar-refractivity contribution is 5.97. The lowest BCUT2D eigenvalue weighted by molar-refractivity contribution is 0.0950. The summed E-state index contributed by atoms with van der Waals surface area (Å²) >= 11 is 0. The Morgan fingerprint density at radius 1 is 1.20 bits per heavy atom. The maximum absolute atomic E-state index is 12.4. The number of aromatic amines is 1. The monoisotopic (exact) mass is 339 g/mol. The van der Waals surface area contributed by atoms with Crippen molar-refractivity contribution in [3.8, 4) is 0 Å². The van der Waals surface area contributed by atoms with E-state index in [1.165, 1.54) is 24.0 Å². The van der Waals surface area contributed by atoms with Crippen molar-refractivity contribution >= 4 is 17.4 Å². The average molecular weight is 339 g/mol. The number of benzene rings is 1. The van der Waals surface area contributed by atoms with Crippen LogP contribution in [0.25, 0.3) is 0 Å². The molecule has 1 aromatic heterocycles. The quantitative estimate of drug-likeness (QED) is 0.671. The molecule has 0 atom stereocenters. The Hall–Kier alpha value is -2.63. The first kappa shape index (κ1) is 17.2. The highest BCUT2D eigenvalue weighted by Crippen LogP contribution is 2.20. The number of nitrogens with zero attached hydrogens (tertiary/aromatic N) is 2. The number of aromatic nitrogens is 3. The zero-order valence-corrected chi connectivity index (χ0v) is 14.6. The molecule has 0 fully saturated rings. The summed E-state index contributed by atoms with van der Waals surface area (Å²) in [5.41, 5.74) is 3.88. The standard InChI is InChI=1S/C19H25N5O/c1-2-14-8-10-16(11-9-14)21-18-17(22-24-23-18)19(25)20-13-12-15-6-4-3-5-7-15/h6,8-11H,2-5,7,12-13H2,1H3,(H,20,25)(H2,21,22,23,24). The molecule has 0 aliphatic heterocycles. The summed E-state index contributed by atoms with van der Waals surface area (Å²) in [4.78, 5) is 12.4. The van der Waals surface area contributed by atoms with Crippen LogP contribution < -0.4 is 10.6 Å². The van der Waals surface area contributed by atoms with Gasteiger partial charge in [-0.1, -0.05) is 30.7 Å². The molecule has 25 heavy (non-hydrogen) atoms. The van der Waals surface area contributed by atoms with Crippen LogP contribution in [-0.4, -0.2) is 27.9 Å². The molecule has 1 aliphatic rings. The van der Waals surface area contributed by atoms with Gasteiger partial charge in [-0.2, -0.15) is 5.21 Å². The molecule has 0 saturated carbocycles. The second-order valence-corrected chi connectivity index (χ2v) is 6.31. The summed E-state index contributed by atoms with van der Waals surface area (Å²) in [5, 5.41) is 16.6. The Morgan fingerprint density at radius 2 is 2.04 bits per heavy atom. The van der Waals surface area contributed by atoms with Gasteiger partial charge in [0.25, 0.3) is 5.91 Å². The minimum Gasteiger partial charge on any atom is -0.350 e. The Labute approximate surface area is 148 Å². The van der Waals surface area contributed by atoms with Crippen LogP contribution in [0.15, 0.2) is 35.9 Å². The molecule has 0 saturated heterocycles. The summed E-state index contributed by atoms with van der Waals surface area (Å²) in [6.07, 6.45) is 9.06. The SMILES string of the molecule is CCc1ccc(Nc2n[nH]nc2C(=O)NCCC2=CCCCC2)cc1. The number of carbonyl (C=O) groups excluding carboxylic acids is 1. The van der Waals surface area contributed by atoms with Gasteiger partial charge in [-0.3, -0.25) is 4.79 Å². The van der Waals surface area contributed by atoms with Crippen LogP contribution in [0.2, 0.25) is 0 Å². The van der Waals surface area contributed by atoms with E-state index < -0.39 is 0 Å². The molecule has 1 aliphatic carbocycles. The average Bonchev–Trinajstić information content (AvgIpc) is 3.11. The number of H-pyrrole nitrogens is 1. The van der Waals surface area contributed by atoms with Crippen LogP contribution in [0, 0.1) is 0 Å². The van der Waals surface area contributed by atoms with E-state index in [0.29, 0.717) is 12.4 Å². The third-order valence-corrected chi connectivity index (χ3v) is 4.50. The Bertz CT molecular complexity index is 733. The summed E-state index contributed by atoms with van der Waals surface area (Å²) in [6, 6.07) is 8.07. The molecule has 3 rings (SSSR count). The predicted octanol–water partition coefficient (Wildman–Crippen LogP) is 3.73. The van der Waals surface area contributed by atoms with Gasteiger partial charge >= 0.3 is 0 Å². The summed E-state index contributed by atoms with van der Waals surface area (Å²) in [7, 11) is 0. The van der Waals surface area contributed by atoms with E-state index in [1.807, 2.05) is 12.1 Å². The molecule has 6 heteroatoms. The highest BCUT2D eigenvalue weighted by Gasteiger charge is 2.16. The van der Waals surface area contributed by atoms with Crippen LogP contribution in [-0.2, 0) is 6.42 Å². The van der Waals surface area contributed by atoms with Crippen molar-refractivity contribution in [2.24, 2.45) is 0 Å². The largest absolute Gasteiger partial charge is 0.350 e. The van der Waals surface area contributed by atoms with E-state index in [0.717, 1.165) is 31.4 Å². The van der Waals surface area contributed by atoms with Crippen molar-refractivity contribution in [2.75, 3.05) is 11.9 Å². The Kier molecular flexibility index (Phi) is 5.82. The van der Waals surface area contributed by atoms with Crippen LogP contribution in [0.3, 0.4) is 0 Å². The predicted molar refractivity (Wildman–Crippen MR) is 99.0 cm³/mol. The fourth-order valence-electron chi connectivity index (χ4n) is 2.99. The van der Waals surface area contributed by atoms with E-state index >= 15 is 0 Å². The van der Waals surface area contributed by atoms with E-state index in [-0.39, 0.29) is 11.6 Å². The smallest absolute Gasteiger partial charge is 0.275 e. The number of hydrogen-bond donors (Lipinski definition) is 3.